The number of H-pyrrole nitrogens is 1. The van der Waals surface area contributed by atoms with Gasteiger partial charge in [0.05, 0.1) is 5.69 Å². The van der Waals surface area contributed by atoms with Gasteiger partial charge in [-0.15, -0.1) is 0 Å². The number of hydrogen-bond acceptors (Lipinski definition) is 2. The van der Waals surface area contributed by atoms with Crippen molar-refractivity contribution in [2.45, 2.75) is 0 Å². The SMILES string of the molecule is O=C(C=Cc1cccc(-c2cnc3[nH]ccc3c2)c1)Nc1cc(F)ccc1F. The molecule has 0 unspecified atom stereocenters. The first kappa shape index (κ1) is 17.6. The molecule has 2 aromatic heterocycles. The number of carbonyl (C=O) groups excluding carboxylic acids is 1. The van der Waals surface area contributed by atoms with Crippen LogP contribution in [0.4, 0.5) is 14.5 Å². The van der Waals surface area contributed by atoms with Crippen LogP contribution in [-0.2, 0) is 4.79 Å². The molecule has 2 aromatic carbocycles. The summed E-state index contributed by atoms with van der Waals surface area (Å²) in [5.41, 5.74) is 3.32. The Labute approximate surface area is 159 Å². The number of benzene rings is 2. The minimum atomic E-state index is -0.696. The summed E-state index contributed by atoms with van der Waals surface area (Å²) in [7, 11) is 0. The standard InChI is InChI=1S/C22H15F2N3O/c23-18-5-6-19(24)20(12-18)27-21(28)7-4-14-2-1-3-15(10-14)17-11-16-8-9-25-22(16)26-13-17/h1-13H,(H,25,26)(H,27,28). The number of nitrogens with one attached hydrogen (secondary N) is 2. The number of carbonyl (C=O) groups is 1. The molecule has 0 aliphatic carbocycles. The molecule has 0 saturated heterocycles. The molecule has 2 N–H and O–H groups in total. The van der Waals surface area contributed by atoms with E-state index in [1.807, 2.05) is 42.6 Å². The first-order valence-electron chi connectivity index (χ1n) is 8.56. The summed E-state index contributed by atoms with van der Waals surface area (Å²) in [5, 5.41) is 3.34. The summed E-state index contributed by atoms with van der Waals surface area (Å²) in [6, 6.07) is 14.5. The second-order valence-electron chi connectivity index (χ2n) is 6.21. The van der Waals surface area contributed by atoms with E-state index < -0.39 is 17.5 Å². The molecule has 0 atom stereocenters. The smallest absolute Gasteiger partial charge is 0.248 e. The molecule has 0 radical (unpaired) electrons. The fourth-order valence-corrected chi connectivity index (χ4v) is 2.86. The molecule has 4 aromatic rings. The molecule has 0 spiro atoms. The summed E-state index contributed by atoms with van der Waals surface area (Å²) < 4.78 is 26.8. The molecular weight excluding hydrogens is 360 g/mol. The number of pyridine rings is 1. The third-order valence-corrected chi connectivity index (χ3v) is 4.23. The maximum absolute atomic E-state index is 13.6. The molecule has 0 bridgehead atoms. The molecule has 28 heavy (non-hydrogen) atoms. The second kappa shape index (κ2) is 7.44. The van der Waals surface area contributed by atoms with Crippen molar-refractivity contribution in [2.24, 2.45) is 0 Å². The van der Waals surface area contributed by atoms with Gasteiger partial charge in [-0.1, -0.05) is 18.2 Å². The van der Waals surface area contributed by atoms with Gasteiger partial charge >= 0.3 is 0 Å². The van der Waals surface area contributed by atoms with Crippen molar-refractivity contribution in [3.05, 3.63) is 90.3 Å². The third kappa shape index (κ3) is 3.81. The topological polar surface area (TPSA) is 57.8 Å². The number of halogens is 2. The number of amides is 1. The van der Waals surface area contributed by atoms with E-state index in [2.05, 4.69) is 15.3 Å². The number of hydrogen-bond donors (Lipinski definition) is 2. The number of aromatic amines is 1. The van der Waals surface area contributed by atoms with Crippen molar-refractivity contribution < 1.29 is 13.6 Å². The van der Waals surface area contributed by atoms with Crippen molar-refractivity contribution in [3.8, 4) is 11.1 Å². The molecule has 0 aliphatic heterocycles. The van der Waals surface area contributed by atoms with E-state index in [4.69, 9.17) is 0 Å². The molecule has 6 heteroatoms. The molecule has 0 saturated carbocycles. The first-order valence-corrected chi connectivity index (χ1v) is 8.56. The lowest BCUT2D eigenvalue weighted by atomic mass is 10.0. The van der Waals surface area contributed by atoms with E-state index in [1.54, 1.807) is 12.3 Å². The normalized spacial score (nSPS) is 11.2. The second-order valence-corrected chi connectivity index (χ2v) is 6.21. The maximum Gasteiger partial charge on any atom is 0.248 e. The van der Waals surface area contributed by atoms with Crippen LogP contribution in [0, 0.1) is 11.6 Å². The van der Waals surface area contributed by atoms with Gasteiger partial charge in [-0.25, -0.2) is 13.8 Å². The minimum Gasteiger partial charge on any atom is -0.346 e. The van der Waals surface area contributed by atoms with Crippen LogP contribution >= 0.6 is 0 Å². The van der Waals surface area contributed by atoms with Crippen LogP contribution in [0.2, 0.25) is 0 Å². The molecule has 0 aliphatic rings. The Kier molecular flexibility index (Phi) is 4.68. The van der Waals surface area contributed by atoms with Crippen molar-refractivity contribution >= 4 is 28.7 Å². The van der Waals surface area contributed by atoms with E-state index >= 15 is 0 Å². The Morgan fingerprint density at radius 2 is 1.93 bits per heavy atom. The lowest BCUT2D eigenvalue weighted by Crippen LogP contribution is -2.09. The lowest BCUT2D eigenvalue weighted by Gasteiger charge is -2.05. The van der Waals surface area contributed by atoms with Crippen LogP contribution < -0.4 is 5.32 Å². The molecule has 1 amide bonds. The predicted molar refractivity (Wildman–Crippen MR) is 106 cm³/mol. The summed E-state index contributed by atoms with van der Waals surface area (Å²) >= 11 is 0. The number of anilines is 1. The average Bonchev–Trinajstić information content (AvgIpc) is 3.17. The van der Waals surface area contributed by atoms with Gasteiger partial charge < -0.3 is 10.3 Å². The molecule has 4 nitrogen and oxygen atoms in total. The Morgan fingerprint density at radius 3 is 2.82 bits per heavy atom. The lowest BCUT2D eigenvalue weighted by molar-refractivity contribution is -0.111. The highest BCUT2D eigenvalue weighted by Crippen LogP contribution is 2.23. The molecular formula is C22H15F2N3O. The summed E-state index contributed by atoms with van der Waals surface area (Å²) in [5.74, 6) is -1.87. The Bertz CT molecular complexity index is 1200. The van der Waals surface area contributed by atoms with Gasteiger partial charge in [-0.3, -0.25) is 4.79 Å². The van der Waals surface area contributed by atoms with E-state index in [-0.39, 0.29) is 5.69 Å². The third-order valence-electron chi connectivity index (χ3n) is 4.23. The summed E-state index contributed by atoms with van der Waals surface area (Å²) in [6.45, 7) is 0. The largest absolute Gasteiger partial charge is 0.346 e. The quantitative estimate of drug-likeness (QED) is 0.484. The number of fused-ring (bicyclic) bond motifs is 1. The predicted octanol–water partition coefficient (Wildman–Crippen LogP) is 5.16. The van der Waals surface area contributed by atoms with Gasteiger partial charge in [0, 0.05) is 35.5 Å². The van der Waals surface area contributed by atoms with Crippen LogP contribution in [0.15, 0.2) is 73.1 Å². The van der Waals surface area contributed by atoms with Crippen LogP contribution in [-0.4, -0.2) is 15.9 Å². The summed E-state index contributed by atoms with van der Waals surface area (Å²) in [6.07, 6.45) is 6.50. The minimum absolute atomic E-state index is 0.200. The Balaban J connectivity index is 1.52. The average molecular weight is 375 g/mol. The summed E-state index contributed by atoms with van der Waals surface area (Å²) in [4.78, 5) is 19.5. The highest BCUT2D eigenvalue weighted by atomic mass is 19.1. The maximum atomic E-state index is 13.6. The zero-order chi connectivity index (χ0) is 19.5. The zero-order valence-electron chi connectivity index (χ0n) is 14.6. The van der Waals surface area contributed by atoms with Gasteiger partial charge in [0.1, 0.15) is 17.3 Å². The van der Waals surface area contributed by atoms with Gasteiger partial charge in [-0.2, -0.15) is 0 Å². The molecule has 0 fully saturated rings. The van der Waals surface area contributed by atoms with Crippen molar-refractivity contribution in [2.75, 3.05) is 5.32 Å². The first-order chi connectivity index (χ1) is 13.6. The van der Waals surface area contributed by atoms with Gasteiger partial charge in [0.25, 0.3) is 0 Å². The Morgan fingerprint density at radius 1 is 1.04 bits per heavy atom. The highest BCUT2D eigenvalue weighted by Gasteiger charge is 2.06. The monoisotopic (exact) mass is 375 g/mol. The van der Waals surface area contributed by atoms with Crippen LogP contribution in [0.1, 0.15) is 5.56 Å². The van der Waals surface area contributed by atoms with E-state index in [1.165, 1.54) is 6.08 Å². The van der Waals surface area contributed by atoms with Crippen LogP contribution in [0.3, 0.4) is 0 Å². The fourth-order valence-electron chi connectivity index (χ4n) is 2.86. The van der Waals surface area contributed by atoms with E-state index in [0.29, 0.717) is 0 Å². The van der Waals surface area contributed by atoms with Gasteiger partial charge in [-0.05, 0) is 47.5 Å². The number of nitrogens with zero attached hydrogens (tertiary/aromatic N) is 1. The van der Waals surface area contributed by atoms with Crippen molar-refractivity contribution in [3.63, 3.8) is 0 Å². The van der Waals surface area contributed by atoms with Gasteiger partial charge in [0.15, 0.2) is 0 Å². The van der Waals surface area contributed by atoms with Crippen LogP contribution in [0.25, 0.3) is 28.2 Å². The van der Waals surface area contributed by atoms with Crippen molar-refractivity contribution in [1.29, 1.82) is 0 Å². The van der Waals surface area contributed by atoms with E-state index in [0.717, 1.165) is 45.9 Å². The molecule has 2 heterocycles. The molecule has 138 valence electrons. The van der Waals surface area contributed by atoms with Gasteiger partial charge in [0.2, 0.25) is 5.91 Å². The van der Waals surface area contributed by atoms with E-state index in [9.17, 15) is 13.6 Å². The Hall–Kier alpha value is -3.80. The fraction of sp³-hybridized carbons (Fsp3) is 0. The van der Waals surface area contributed by atoms with Crippen LogP contribution in [0.5, 0.6) is 0 Å². The number of rotatable bonds is 4. The number of aromatic nitrogens is 2. The highest BCUT2D eigenvalue weighted by molar-refractivity contribution is 6.02. The zero-order valence-corrected chi connectivity index (χ0v) is 14.6. The molecule has 4 rings (SSSR count). The van der Waals surface area contributed by atoms with Crippen molar-refractivity contribution in [1.82, 2.24) is 9.97 Å².